The summed E-state index contributed by atoms with van der Waals surface area (Å²) in [6.45, 7) is 2.54. The van der Waals surface area contributed by atoms with Crippen molar-refractivity contribution in [3.63, 3.8) is 0 Å². The van der Waals surface area contributed by atoms with Crippen LogP contribution in [0.3, 0.4) is 0 Å². The Hall–Kier alpha value is -2.73. The van der Waals surface area contributed by atoms with E-state index in [1.807, 2.05) is 31.2 Å². The number of aliphatic hydroxyl groups excluding tert-OH is 1. The fourth-order valence-electron chi connectivity index (χ4n) is 2.80. The van der Waals surface area contributed by atoms with Gasteiger partial charge in [-0.1, -0.05) is 29.8 Å². The number of fused-ring (bicyclic) bond motifs is 1. The lowest BCUT2D eigenvalue weighted by Crippen LogP contribution is -2.05. The summed E-state index contributed by atoms with van der Waals surface area (Å²) in [5.41, 5.74) is 9.95. The van der Waals surface area contributed by atoms with Crippen LogP contribution in [-0.2, 0) is 6.54 Å². The molecule has 0 amide bonds. The molecule has 118 valence electrons. The first-order valence-electron chi connectivity index (χ1n) is 7.43. The minimum Gasteiger partial charge on any atom is -0.396 e. The van der Waals surface area contributed by atoms with E-state index in [1.165, 1.54) is 6.33 Å². The van der Waals surface area contributed by atoms with Gasteiger partial charge in [0.1, 0.15) is 17.8 Å². The van der Waals surface area contributed by atoms with Gasteiger partial charge in [0.05, 0.1) is 11.1 Å². The second kappa shape index (κ2) is 6.18. The number of aromatic nitrogens is 3. The fraction of sp³-hybridized carbons (Fsp3) is 0.235. The van der Waals surface area contributed by atoms with E-state index >= 15 is 0 Å². The number of benzene rings is 1. The maximum Gasteiger partial charge on any atom is 0.167 e. The minimum absolute atomic E-state index is 0.0401. The average Bonchev–Trinajstić information content (AvgIpc) is 2.88. The third-order valence-electron chi connectivity index (χ3n) is 3.90. The number of aliphatic hydroxyl groups is 1. The smallest absolute Gasteiger partial charge is 0.167 e. The molecule has 0 aliphatic heterocycles. The molecule has 0 spiro atoms. The first kappa shape index (κ1) is 15.2. The number of carbonyl (C=O) groups excluding carboxylic acids is 1. The minimum atomic E-state index is 0.0401. The van der Waals surface area contributed by atoms with Gasteiger partial charge < -0.3 is 15.4 Å². The van der Waals surface area contributed by atoms with Crippen LogP contribution in [0.15, 0.2) is 30.6 Å². The van der Waals surface area contributed by atoms with E-state index in [0.717, 1.165) is 23.0 Å². The van der Waals surface area contributed by atoms with E-state index in [2.05, 4.69) is 9.97 Å². The molecule has 0 saturated carbocycles. The summed E-state index contributed by atoms with van der Waals surface area (Å²) in [5, 5.41) is 9.79. The molecule has 6 heteroatoms. The van der Waals surface area contributed by atoms with Gasteiger partial charge in [0.25, 0.3) is 0 Å². The number of carbonyl (C=O) groups is 1. The predicted molar refractivity (Wildman–Crippen MR) is 89.2 cm³/mol. The van der Waals surface area contributed by atoms with Crippen LogP contribution in [0.2, 0.25) is 0 Å². The van der Waals surface area contributed by atoms with E-state index < -0.39 is 0 Å². The van der Waals surface area contributed by atoms with Crippen LogP contribution in [0.25, 0.3) is 22.2 Å². The van der Waals surface area contributed by atoms with Gasteiger partial charge in [0.15, 0.2) is 6.29 Å². The zero-order valence-corrected chi connectivity index (χ0v) is 12.9. The van der Waals surface area contributed by atoms with E-state index in [-0.39, 0.29) is 6.61 Å². The van der Waals surface area contributed by atoms with Crippen molar-refractivity contribution in [2.45, 2.75) is 19.9 Å². The topological polar surface area (TPSA) is 94.0 Å². The van der Waals surface area contributed by atoms with Gasteiger partial charge in [-0.3, -0.25) is 4.79 Å². The average molecular weight is 310 g/mol. The second-order valence-electron chi connectivity index (χ2n) is 5.43. The van der Waals surface area contributed by atoms with Gasteiger partial charge >= 0.3 is 0 Å². The Morgan fingerprint density at radius 3 is 2.65 bits per heavy atom. The summed E-state index contributed by atoms with van der Waals surface area (Å²) in [7, 11) is 0. The second-order valence-corrected chi connectivity index (χ2v) is 5.43. The number of aldehydes is 1. The summed E-state index contributed by atoms with van der Waals surface area (Å²) < 4.78 is 1.80. The number of nitrogen functional groups attached to an aromatic ring is 1. The SMILES string of the molecule is Cc1ccc(-c2c(C=O)n(CCCO)c3ncnc(N)c23)cc1. The molecule has 0 radical (unpaired) electrons. The Morgan fingerprint density at radius 1 is 1.26 bits per heavy atom. The molecule has 2 heterocycles. The number of hydrogen-bond acceptors (Lipinski definition) is 5. The molecule has 3 rings (SSSR count). The molecule has 0 saturated heterocycles. The molecule has 6 nitrogen and oxygen atoms in total. The van der Waals surface area contributed by atoms with Crippen molar-refractivity contribution < 1.29 is 9.90 Å². The van der Waals surface area contributed by atoms with Gasteiger partial charge in [-0.15, -0.1) is 0 Å². The molecule has 0 unspecified atom stereocenters. The van der Waals surface area contributed by atoms with Crippen molar-refractivity contribution in [3.05, 3.63) is 41.9 Å². The lowest BCUT2D eigenvalue weighted by molar-refractivity contribution is 0.111. The lowest BCUT2D eigenvalue weighted by Gasteiger charge is -2.06. The highest BCUT2D eigenvalue weighted by atomic mass is 16.3. The zero-order chi connectivity index (χ0) is 16.4. The van der Waals surface area contributed by atoms with E-state index in [4.69, 9.17) is 10.8 Å². The van der Waals surface area contributed by atoms with Crippen LogP contribution >= 0.6 is 0 Å². The van der Waals surface area contributed by atoms with E-state index in [1.54, 1.807) is 4.57 Å². The van der Waals surface area contributed by atoms with Gasteiger partial charge in [-0.25, -0.2) is 9.97 Å². The largest absolute Gasteiger partial charge is 0.396 e. The predicted octanol–water partition coefficient (Wildman–Crippen LogP) is 2.18. The number of nitrogens with two attached hydrogens (primary N) is 1. The van der Waals surface area contributed by atoms with Crippen LogP contribution in [0, 0.1) is 6.92 Å². The number of aryl methyl sites for hydroxylation is 2. The molecule has 0 bridgehead atoms. The van der Waals surface area contributed by atoms with Gasteiger partial charge in [0, 0.05) is 18.7 Å². The van der Waals surface area contributed by atoms with Crippen LogP contribution in [-0.4, -0.2) is 32.5 Å². The Labute approximate surface area is 133 Å². The van der Waals surface area contributed by atoms with Gasteiger partial charge in [-0.05, 0) is 18.9 Å². The first-order valence-corrected chi connectivity index (χ1v) is 7.43. The highest BCUT2D eigenvalue weighted by Crippen LogP contribution is 2.36. The third-order valence-corrected chi connectivity index (χ3v) is 3.90. The van der Waals surface area contributed by atoms with Crippen LogP contribution in [0.1, 0.15) is 22.5 Å². The summed E-state index contributed by atoms with van der Waals surface area (Å²) >= 11 is 0. The van der Waals surface area contributed by atoms with Gasteiger partial charge in [-0.2, -0.15) is 0 Å². The van der Waals surface area contributed by atoms with Crippen molar-refractivity contribution in [1.82, 2.24) is 14.5 Å². The number of rotatable bonds is 5. The van der Waals surface area contributed by atoms with Crippen molar-refractivity contribution >= 4 is 23.1 Å². The highest BCUT2D eigenvalue weighted by Gasteiger charge is 2.21. The van der Waals surface area contributed by atoms with Crippen molar-refractivity contribution in [1.29, 1.82) is 0 Å². The molecule has 0 fully saturated rings. The fourth-order valence-corrected chi connectivity index (χ4v) is 2.80. The first-order chi connectivity index (χ1) is 11.2. The number of anilines is 1. The molecule has 1 aromatic carbocycles. The summed E-state index contributed by atoms with van der Waals surface area (Å²) in [5.74, 6) is 0.344. The molecular formula is C17H18N4O2. The molecule has 0 atom stereocenters. The Bertz CT molecular complexity index is 853. The Balaban J connectivity index is 2.34. The monoisotopic (exact) mass is 310 g/mol. The molecule has 3 aromatic rings. The van der Waals surface area contributed by atoms with E-state index in [9.17, 15) is 4.79 Å². The van der Waals surface area contributed by atoms with Crippen molar-refractivity contribution in [2.75, 3.05) is 12.3 Å². The summed E-state index contributed by atoms with van der Waals surface area (Å²) in [6.07, 6.45) is 2.73. The van der Waals surface area contributed by atoms with Crippen LogP contribution < -0.4 is 5.73 Å². The van der Waals surface area contributed by atoms with Crippen molar-refractivity contribution in [3.8, 4) is 11.1 Å². The third kappa shape index (κ3) is 2.57. The molecule has 0 aliphatic rings. The molecule has 0 aliphatic carbocycles. The van der Waals surface area contributed by atoms with Gasteiger partial charge in [0.2, 0.25) is 0 Å². The normalized spacial score (nSPS) is 11.0. The molecular weight excluding hydrogens is 292 g/mol. The van der Waals surface area contributed by atoms with Crippen molar-refractivity contribution in [2.24, 2.45) is 0 Å². The highest BCUT2D eigenvalue weighted by molar-refractivity contribution is 6.07. The lowest BCUT2D eigenvalue weighted by atomic mass is 10.0. The molecule has 23 heavy (non-hydrogen) atoms. The Kier molecular flexibility index (Phi) is 4.08. The Morgan fingerprint density at radius 2 is 2.00 bits per heavy atom. The van der Waals surface area contributed by atoms with E-state index in [0.29, 0.717) is 35.5 Å². The molecule has 2 aromatic heterocycles. The zero-order valence-electron chi connectivity index (χ0n) is 12.9. The van der Waals surface area contributed by atoms with Crippen LogP contribution in [0.4, 0.5) is 5.82 Å². The standard InChI is InChI=1S/C17H18N4O2/c1-11-3-5-12(6-4-11)14-13(9-23)21(7-2-8-22)17-15(14)16(18)19-10-20-17/h3-6,9-10,22H,2,7-8H2,1H3,(H2,18,19,20). The number of hydrogen-bond donors (Lipinski definition) is 2. The summed E-state index contributed by atoms with van der Waals surface area (Å²) in [6, 6.07) is 7.89. The summed E-state index contributed by atoms with van der Waals surface area (Å²) in [4.78, 5) is 20.1. The molecule has 3 N–H and O–H groups in total. The maximum absolute atomic E-state index is 11.8. The number of nitrogens with zero attached hydrogens (tertiary/aromatic N) is 3. The quantitative estimate of drug-likeness (QED) is 0.704. The van der Waals surface area contributed by atoms with Crippen LogP contribution in [0.5, 0.6) is 0 Å². The maximum atomic E-state index is 11.8.